The molecule has 3 aromatic rings. The summed E-state index contributed by atoms with van der Waals surface area (Å²) in [4.78, 5) is 42.6. The number of hydrogen-bond acceptors (Lipinski definition) is 6. The summed E-state index contributed by atoms with van der Waals surface area (Å²) in [6.45, 7) is 1.89. The minimum atomic E-state index is -0.461. The number of anilines is 1. The molecule has 0 saturated carbocycles. The highest BCUT2D eigenvalue weighted by Crippen LogP contribution is 2.21. The smallest absolute Gasteiger partial charge is 0.329 e. The van der Waals surface area contributed by atoms with Gasteiger partial charge in [0.15, 0.2) is 11.5 Å². The number of piperazine rings is 1. The Morgan fingerprint density at radius 1 is 1.07 bits per heavy atom. The Morgan fingerprint density at radius 2 is 1.79 bits per heavy atom. The van der Waals surface area contributed by atoms with Gasteiger partial charge in [0.25, 0.3) is 11.5 Å². The molecule has 0 spiro atoms. The van der Waals surface area contributed by atoms with E-state index in [2.05, 4.69) is 10.1 Å². The van der Waals surface area contributed by atoms with Crippen LogP contribution >= 0.6 is 0 Å². The summed E-state index contributed by atoms with van der Waals surface area (Å²) < 4.78 is 6.32. The molecule has 3 heterocycles. The van der Waals surface area contributed by atoms with Gasteiger partial charge >= 0.3 is 5.69 Å². The number of aromatic nitrogens is 3. The van der Waals surface area contributed by atoms with E-state index in [1.54, 1.807) is 11.0 Å². The number of benzene rings is 1. The van der Waals surface area contributed by atoms with Gasteiger partial charge in [0.05, 0.1) is 0 Å². The van der Waals surface area contributed by atoms with E-state index in [4.69, 9.17) is 4.52 Å². The maximum atomic E-state index is 12.7. The molecule has 1 aliphatic heterocycles. The van der Waals surface area contributed by atoms with Gasteiger partial charge in [0.1, 0.15) is 5.82 Å². The molecule has 28 heavy (non-hydrogen) atoms. The number of nitrogens with zero attached hydrogens (tertiary/aromatic N) is 4. The first-order valence-electron chi connectivity index (χ1n) is 8.89. The monoisotopic (exact) mass is 381 g/mol. The number of nitrogens with one attached hydrogen (secondary N) is 1. The Hall–Kier alpha value is -3.62. The van der Waals surface area contributed by atoms with Gasteiger partial charge in [-0.1, -0.05) is 35.5 Å². The molecule has 1 N–H and O–H groups in total. The van der Waals surface area contributed by atoms with E-state index in [0.29, 0.717) is 37.8 Å². The number of aromatic amines is 1. The van der Waals surface area contributed by atoms with E-state index in [0.717, 1.165) is 10.1 Å². The number of carbonyl (C=O) groups excluding carboxylic acids is 1. The van der Waals surface area contributed by atoms with Gasteiger partial charge < -0.3 is 14.3 Å². The van der Waals surface area contributed by atoms with Crippen molar-refractivity contribution in [3.05, 3.63) is 69.0 Å². The second-order valence-electron chi connectivity index (χ2n) is 6.58. The molecule has 1 aromatic carbocycles. The molecule has 4 rings (SSSR count). The van der Waals surface area contributed by atoms with Crippen LogP contribution in [0.25, 0.3) is 11.3 Å². The Kier molecular flexibility index (Phi) is 4.56. The van der Waals surface area contributed by atoms with Gasteiger partial charge in [-0.3, -0.25) is 19.1 Å². The first-order valence-corrected chi connectivity index (χ1v) is 8.89. The Labute approximate surface area is 159 Å². The zero-order valence-corrected chi connectivity index (χ0v) is 15.3. The number of amides is 1. The topological polar surface area (TPSA) is 104 Å². The van der Waals surface area contributed by atoms with Gasteiger partial charge in [-0.25, -0.2) is 4.79 Å². The maximum Gasteiger partial charge on any atom is 0.329 e. The Bertz CT molecular complexity index is 1080. The normalized spacial score (nSPS) is 14.3. The summed E-state index contributed by atoms with van der Waals surface area (Å²) in [6.07, 6.45) is 0. The predicted octanol–water partition coefficient (Wildman–Crippen LogP) is 0.691. The van der Waals surface area contributed by atoms with Crippen LogP contribution in [0.15, 0.2) is 56.6 Å². The highest BCUT2D eigenvalue weighted by atomic mass is 16.5. The quantitative estimate of drug-likeness (QED) is 0.716. The van der Waals surface area contributed by atoms with E-state index >= 15 is 0 Å². The Morgan fingerprint density at radius 3 is 2.46 bits per heavy atom. The molecule has 9 heteroatoms. The van der Waals surface area contributed by atoms with E-state index < -0.39 is 5.69 Å². The number of H-pyrrole nitrogens is 1. The number of hydrogen-bond donors (Lipinski definition) is 1. The molecule has 1 aliphatic rings. The van der Waals surface area contributed by atoms with E-state index in [9.17, 15) is 14.4 Å². The van der Waals surface area contributed by atoms with Crippen molar-refractivity contribution >= 4 is 11.7 Å². The van der Waals surface area contributed by atoms with Crippen LogP contribution in [-0.4, -0.2) is 51.7 Å². The van der Waals surface area contributed by atoms with Gasteiger partial charge in [0, 0.05) is 50.9 Å². The van der Waals surface area contributed by atoms with Gasteiger partial charge in [0.2, 0.25) is 0 Å². The van der Waals surface area contributed by atoms with Crippen LogP contribution in [0.5, 0.6) is 0 Å². The molecule has 0 aliphatic carbocycles. The van der Waals surface area contributed by atoms with Gasteiger partial charge in [-0.2, -0.15) is 0 Å². The van der Waals surface area contributed by atoms with Crippen LogP contribution in [0.1, 0.15) is 10.5 Å². The number of rotatable bonds is 3. The van der Waals surface area contributed by atoms with Crippen LogP contribution in [-0.2, 0) is 7.05 Å². The lowest BCUT2D eigenvalue weighted by molar-refractivity contribution is 0.0736. The minimum Gasteiger partial charge on any atom is -0.355 e. The first-order chi connectivity index (χ1) is 13.5. The summed E-state index contributed by atoms with van der Waals surface area (Å²) in [5.41, 5.74) is 0.285. The van der Waals surface area contributed by atoms with Crippen molar-refractivity contribution < 1.29 is 9.32 Å². The van der Waals surface area contributed by atoms with Crippen molar-refractivity contribution in [1.29, 1.82) is 0 Å². The van der Waals surface area contributed by atoms with E-state index in [1.807, 2.05) is 35.2 Å². The standard InChI is InChI=1S/C19H19N5O4/c1-22-17(25)12-16(20-19(22)27)23-7-9-24(10-8-23)18(26)14-11-15(28-21-14)13-5-3-2-4-6-13/h2-6,11-12H,7-10H2,1H3,(H,20,27). The van der Waals surface area contributed by atoms with Gasteiger partial charge in [-0.15, -0.1) is 0 Å². The molecule has 0 unspecified atom stereocenters. The van der Waals surface area contributed by atoms with Crippen LogP contribution in [0, 0.1) is 0 Å². The lowest BCUT2D eigenvalue weighted by Gasteiger charge is -2.35. The molecule has 0 atom stereocenters. The van der Waals surface area contributed by atoms with Crippen molar-refractivity contribution in [2.75, 3.05) is 31.1 Å². The van der Waals surface area contributed by atoms with E-state index in [-0.39, 0.29) is 17.2 Å². The lowest BCUT2D eigenvalue weighted by atomic mass is 10.1. The van der Waals surface area contributed by atoms with Crippen molar-refractivity contribution in [2.24, 2.45) is 7.05 Å². The van der Waals surface area contributed by atoms with Crippen LogP contribution in [0.4, 0.5) is 5.82 Å². The third kappa shape index (κ3) is 3.34. The molecule has 1 fully saturated rings. The zero-order valence-electron chi connectivity index (χ0n) is 15.3. The average molecular weight is 381 g/mol. The Balaban J connectivity index is 1.44. The SMILES string of the molecule is Cn1c(=O)cc(N2CCN(C(=O)c3cc(-c4ccccc4)on3)CC2)[nH]c1=O. The predicted molar refractivity (Wildman–Crippen MR) is 102 cm³/mol. The lowest BCUT2D eigenvalue weighted by Crippen LogP contribution is -2.50. The summed E-state index contributed by atoms with van der Waals surface area (Å²) in [5.74, 6) is 0.802. The molecule has 0 bridgehead atoms. The molecule has 2 aromatic heterocycles. The summed E-state index contributed by atoms with van der Waals surface area (Å²) in [5, 5.41) is 3.91. The zero-order chi connectivity index (χ0) is 19.7. The van der Waals surface area contributed by atoms with Crippen LogP contribution in [0.3, 0.4) is 0 Å². The summed E-state index contributed by atoms with van der Waals surface area (Å²) in [7, 11) is 1.42. The van der Waals surface area contributed by atoms with E-state index in [1.165, 1.54) is 13.1 Å². The molecule has 1 amide bonds. The van der Waals surface area contributed by atoms with Crippen molar-refractivity contribution in [1.82, 2.24) is 19.6 Å². The minimum absolute atomic E-state index is 0.206. The maximum absolute atomic E-state index is 12.7. The van der Waals surface area contributed by atoms with Crippen molar-refractivity contribution in [3.8, 4) is 11.3 Å². The fourth-order valence-corrected chi connectivity index (χ4v) is 3.14. The third-order valence-electron chi connectivity index (χ3n) is 4.83. The number of carbonyl (C=O) groups is 1. The summed E-state index contributed by atoms with van der Waals surface area (Å²) >= 11 is 0. The summed E-state index contributed by atoms with van der Waals surface area (Å²) in [6, 6.07) is 12.5. The largest absolute Gasteiger partial charge is 0.355 e. The molecule has 144 valence electrons. The molecular weight excluding hydrogens is 362 g/mol. The fourth-order valence-electron chi connectivity index (χ4n) is 3.14. The average Bonchev–Trinajstić information content (AvgIpc) is 3.22. The highest BCUT2D eigenvalue weighted by Gasteiger charge is 2.25. The highest BCUT2D eigenvalue weighted by molar-refractivity contribution is 5.93. The molecule has 9 nitrogen and oxygen atoms in total. The molecule has 1 saturated heterocycles. The molecular formula is C19H19N5O4. The third-order valence-corrected chi connectivity index (χ3v) is 4.83. The van der Waals surface area contributed by atoms with Crippen LogP contribution < -0.4 is 16.1 Å². The van der Waals surface area contributed by atoms with Crippen molar-refractivity contribution in [2.45, 2.75) is 0 Å². The first kappa shape index (κ1) is 17.8. The fraction of sp³-hybridized carbons (Fsp3) is 0.263. The van der Waals surface area contributed by atoms with Gasteiger partial charge in [-0.05, 0) is 0 Å². The molecule has 0 radical (unpaired) electrons. The second-order valence-corrected chi connectivity index (χ2v) is 6.58. The van der Waals surface area contributed by atoms with Crippen LogP contribution in [0.2, 0.25) is 0 Å². The van der Waals surface area contributed by atoms with Crippen molar-refractivity contribution in [3.63, 3.8) is 0 Å². The second kappa shape index (κ2) is 7.18.